The number of phenolic OH excluding ortho intramolecular Hbond substituents is 1. The quantitative estimate of drug-likeness (QED) is 0.659. The average molecular weight is 309 g/mol. The predicted octanol–water partition coefficient (Wildman–Crippen LogP) is 1.44. The van der Waals surface area contributed by atoms with E-state index in [9.17, 15) is 9.90 Å². The van der Waals surface area contributed by atoms with Gasteiger partial charge >= 0.3 is 5.63 Å². The smallest absolute Gasteiger partial charge is 0.347 e. The maximum absolute atomic E-state index is 11.8. The molecule has 0 atom stereocenters. The number of benzene rings is 1. The second kappa shape index (κ2) is 3.91. The van der Waals surface area contributed by atoms with Crippen LogP contribution in [0.5, 0.6) is 5.75 Å². The zero-order valence-electron chi connectivity index (χ0n) is 8.72. The Kier molecular flexibility index (Phi) is 2.37. The van der Waals surface area contributed by atoms with Crippen molar-refractivity contribution in [2.75, 3.05) is 0 Å². The number of aromatic hydroxyl groups is 1. The topological polar surface area (TPSA) is 105 Å². The minimum absolute atomic E-state index is 0.000248. The molecule has 2 aromatic heterocycles. The van der Waals surface area contributed by atoms with Crippen molar-refractivity contribution >= 4 is 26.9 Å². The van der Waals surface area contributed by atoms with Gasteiger partial charge in [-0.05, 0) is 38.5 Å². The van der Waals surface area contributed by atoms with Crippen molar-refractivity contribution in [3.05, 3.63) is 33.1 Å². The fourth-order valence-electron chi connectivity index (χ4n) is 1.57. The maximum atomic E-state index is 11.8. The highest BCUT2D eigenvalue weighted by Gasteiger charge is 2.12. The molecule has 0 aliphatic rings. The lowest BCUT2D eigenvalue weighted by atomic mass is 10.2. The van der Waals surface area contributed by atoms with Crippen molar-refractivity contribution in [2.24, 2.45) is 0 Å². The summed E-state index contributed by atoms with van der Waals surface area (Å²) in [7, 11) is 0. The van der Waals surface area contributed by atoms with E-state index in [0.717, 1.165) is 0 Å². The largest absolute Gasteiger partial charge is 0.507 e. The number of nitrogens with zero attached hydrogens (tertiary/aromatic N) is 3. The van der Waals surface area contributed by atoms with E-state index in [2.05, 4.69) is 36.6 Å². The van der Waals surface area contributed by atoms with Crippen molar-refractivity contribution < 1.29 is 9.52 Å². The molecule has 0 fully saturated rings. The highest BCUT2D eigenvalue weighted by Crippen LogP contribution is 2.29. The monoisotopic (exact) mass is 308 g/mol. The number of halogens is 1. The Labute approximate surface area is 108 Å². The molecule has 0 saturated heterocycles. The Morgan fingerprint density at radius 1 is 1.33 bits per heavy atom. The Balaban J connectivity index is 2.33. The molecule has 18 heavy (non-hydrogen) atoms. The number of nitrogens with one attached hydrogen (secondary N) is 1. The van der Waals surface area contributed by atoms with Crippen LogP contribution in [0.1, 0.15) is 0 Å². The molecule has 3 aromatic rings. The van der Waals surface area contributed by atoms with Gasteiger partial charge < -0.3 is 9.52 Å². The Hall–Kier alpha value is -2.22. The van der Waals surface area contributed by atoms with Gasteiger partial charge in [0.15, 0.2) is 5.82 Å². The van der Waals surface area contributed by atoms with Gasteiger partial charge in [0.2, 0.25) is 0 Å². The van der Waals surface area contributed by atoms with Crippen LogP contribution in [0, 0.1) is 0 Å². The minimum Gasteiger partial charge on any atom is -0.507 e. The average Bonchev–Trinajstić information content (AvgIpc) is 2.84. The molecule has 0 spiro atoms. The second-order valence-electron chi connectivity index (χ2n) is 3.54. The third-order valence-electron chi connectivity index (χ3n) is 2.40. The van der Waals surface area contributed by atoms with E-state index in [1.807, 2.05) is 0 Å². The van der Waals surface area contributed by atoms with Gasteiger partial charge in [-0.3, -0.25) is 0 Å². The third kappa shape index (κ3) is 1.66. The van der Waals surface area contributed by atoms with E-state index in [1.54, 1.807) is 12.1 Å². The third-order valence-corrected chi connectivity index (χ3v) is 3.04. The standard InChI is InChI=1S/C10H5BrN4O3/c11-6-2-4-1-5(9-12-14-15-13-9)10(17)18-8(4)3-7(6)16/h1-3,16H,(H,12,13,14,15). The zero-order valence-corrected chi connectivity index (χ0v) is 10.3. The molecule has 0 unspecified atom stereocenters. The molecule has 2 N–H and O–H groups in total. The molecule has 90 valence electrons. The molecule has 0 bridgehead atoms. The number of hydrogen-bond acceptors (Lipinski definition) is 6. The fourth-order valence-corrected chi connectivity index (χ4v) is 1.93. The van der Waals surface area contributed by atoms with Gasteiger partial charge in [0, 0.05) is 11.5 Å². The summed E-state index contributed by atoms with van der Waals surface area (Å²) in [6, 6.07) is 4.59. The van der Waals surface area contributed by atoms with Crippen LogP contribution < -0.4 is 5.63 Å². The first-order chi connectivity index (χ1) is 8.65. The molecule has 0 aliphatic carbocycles. The number of fused-ring (bicyclic) bond motifs is 1. The molecule has 0 amide bonds. The fraction of sp³-hybridized carbons (Fsp3) is 0. The van der Waals surface area contributed by atoms with Crippen molar-refractivity contribution in [3.63, 3.8) is 0 Å². The van der Waals surface area contributed by atoms with E-state index in [4.69, 9.17) is 4.42 Å². The van der Waals surface area contributed by atoms with Gasteiger partial charge in [-0.2, -0.15) is 0 Å². The molecule has 0 radical (unpaired) electrons. The Morgan fingerprint density at radius 2 is 2.17 bits per heavy atom. The summed E-state index contributed by atoms with van der Waals surface area (Å²) in [5, 5.41) is 23.1. The molecule has 7 nitrogen and oxygen atoms in total. The van der Waals surface area contributed by atoms with E-state index in [0.29, 0.717) is 9.86 Å². The van der Waals surface area contributed by atoms with Crippen LogP contribution in [0.4, 0.5) is 0 Å². The van der Waals surface area contributed by atoms with Crippen LogP contribution in [0.3, 0.4) is 0 Å². The zero-order chi connectivity index (χ0) is 12.7. The van der Waals surface area contributed by atoms with Crippen LogP contribution >= 0.6 is 15.9 Å². The molecule has 1 aromatic carbocycles. The molecule has 2 heterocycles. The first-order valence-electron chi connectivity index (χ1n) is 4.85. The van der Waals surface area contributed by atoms with Gasteiger partial charge in [-0.15, -0.1) is 5.10 Å². The molecular weight excluding hydrogens is 304 g/mol. The summed E-state index contributed by atoms with van der Waals surface area (Å²) >= 11 is 3.19. The Bertz CT molecular complexity index is 782. The first kappa shape index (κ1) is 10.9. The van der Waals surface area contributed by atoms with Gasteiger partial charge in [-0.1, -0.05) is 0 Å². The summed E-state index contributed by atoms with van der Waals surface area (Å²) in [5.41, 5.74) is -0.0650. The molecule has 3 rings (SSSR count). The van der Waals surface area contributed by atoms with Crippen LogP contribution in [0.25, 0.3) is 22.4 Å². The number of H-pyrrole nitrogens is 1. The first-order valence-corrected chi connectivity index (χ1v) is 5.65. The number of tetrazole rings is 1. The van der Waals surface area contributed by atoms with Gasteiger partial charge in [0.05, 0.1) is 4.47 Å². The summed E-state index contributed by atoms with van der Waals surface area (Å²) < 4.78 is 5.61. The van der Waals surface area contributed by atoms with Crippen molar-refractivity contribution in [2.45, 2.75) is 0 Å². The van der Waals surface area contributed by atoms with Gasteiger partial charge in [-0.25, -0.2) is 9.89 Å². The Morgan fingerprint density at radius 3 is 2.89 bits per heavy atom. The lowest BCUT2D eigenvalue weighted by molar-refractivity contribution is 0.470. The maximum Gasteiger partial charge on any atom is 0.347 e. The van der Waals surface area contributed by atoms with Gasteiger partial charge in [0.1, 0.15) is 16.9 Å². The molecule has 8 heteroatoms. The molecular formula is C10H5BrN4O3. The summed E-state index contributed by atoms with van der Waals surface area (Å²) in [6.07, 6.45) is 0. The summed E-state index contributed by atoms with van der Waals surface area (Å²) in [6.45, 7) is 0. The number of phenols is 1. The van der Waals surface area contributed by atoms with Crippen molar-refractivity contribution in [1.82, 2.24) is 20.6 Å². The van der Waals surface area contributed by atoms with Crippen molar-refractivity contribution in [3.8, 4) is 17.1 Å². The van der Waals surface area contributed by atoms with Crippen LogP contribution in [-0.4, -0.2) is 25.7 Å². The lowest BCUT2D eigenvalue weighted by Crippen LogP contribution is -2.03. The summed E-state index contributed by atoms with van der Waals surface area (Å²) in [5.74, 6) is 0.231. The second-order valence-corrected chi connectivity index (χ2v) is 4.39. The normalized spacial score (nSPS) is 10.9. The van der Waals surface area contributed by atoms with E-state index in [1.165, 1.54) is 6.07 Å². The number of hydrogen-bond donors (Lipinski definition) is 2. The minimum atomic E-state index is -0.581. The van der Waals surface area contributed by atoms with Crippen LogP contribution in [-0.2, 0) is 0 Å². The van der Waals surface area contributed by atoms with E-state index >= 15 is 0 Å². The van der Waals surface area contributed by atoms with Crippen LogP contribution in [0.15, 0.2) is 31.9 Å². The molecule has 0 saturated carbocycles. The highest BCUT2D eigenvalue weighted by molar-refractivity contribution is 9.10. The van der Waals surface area contributed by atoms with E-state index < -0.39 is 5.63 Å². The highest BCUT2D eigenvalue weighted by atomic mass is 79.9. The van der Waals surface area contributed by atoms with Gasteiger partial charge in [0.25, 0.3) is 0 Å². The number of aromatic nitrogens is 4. The van der Waals surface area contributed by atoms with Crippen molar-refractivity contribution in [1.29, 1.82) is 0 Å². The molecule has 0 aliphatic heterocycles. The summed E-state index contributed by atoms with van der Waals surface area (Å²) in [4.78, 5) is 11.8. The number of rotatable bonds is 1. The SMILES string of the molecule is O=c1oc2cc(O)c(Br)cc2cc1-c1nnn[nH]1. The number of aromatic amines is 1. The van der Waals surface area contributed by atoms with Crippen LogP contribution in [0.2, 0.25) is 0 Å². The van der Waals surface area contributed by atoms with E-state index in [-0.39, 0.29) is 22.7 Å². The predicted molar refractivity (Wildman–Crippen MR) is 65.0 cm³/mol. The lowest BCUT2D eigenvalue weighted by Gasteiger charge is -2.01.